The Morgan fingerprint density at radius 1 is 1.13 bits per heavy atom. The molecule has 158 valence electrons. The first-order valence-corrected chi connectivity index (χ1v) is 9.84. The molecule has 3 heterocycles. The van der Waals surface area contributed by atoms with Gasteiger partial charge in [0.1, 0.15) is 0 Å². The summed E-state index contributed by atoms with van der Waals surface area (Å²) in [6, 6.07) is 9.56. The number of carbonyl (C=O) groups is 3. The molecule has 2 fully saturated rings. The smallest absolute Gasteiger partial charge is 0.311 e. The third-order valence-electron chi connectivity index (χ3n) is 6.09. The lowest BCUT2D eigenvalue weighted by Gasteiger charge is -2.45. The largest absolute Gasteiger partial charge is 0.469 e. The molecule has 9 heteroatoms. The molecular weight excluding hydrogens is 388 g/mol. The van der Waals surface area contributed by atoms with Gasteiger partial charge in [0.15, 0.2) is 0 Å². The van der Waals surface area contributed by atoms with Gasteiger partial charge in [-0.25, -0.2) is 9.75 Å². The first-order chi connectivity index (χ1) is 14.5. The molecule has 4 rings (SSSR count). The van der Waals surface area contributed by atoms with Crippen molar-refractivity contribution in [1.29, 1.82) is 0 Å². The van der Waals surface area contributed by atoms with E-state index in [1.165, 1.54) is 19.3 Å². The predicted molar refractivity (Wildman–Crippen MR) is 105 cm³/mol. The number of likely N-dealkylation sites (tertiary alicyclic amines) is 1. The molecule has 2 amide bonds. The van der Waals surface area contributed by atoms with Crippen molar-refractivity contribution in [2.24, 2.45) is 5.92 Å². The Morgan fingerprint density at radius 2 is 1.83 bits per heavy atom. The van der Waals surface area contributed by atoms with E-state index in [2.05, 4.69) is 5.10 Å². The number of amides is 2. The standard InChI is InChI=1S/C21H24N4O5/c1-29-20(28)17-12-18(26)25(30-2)21(17)8-10-23(11-9-21)19(27)15-13-22-24(14-15)16-6-4-3-5-7-16/h3-7,13-14,17H,8-12H2,1-2H3/t17-/m0/s1. The quantitative estimate of drug-likeness (QED) is 0.706. The Hall–Kier alpha value is -3.20. The Labute approximate surface area is 174 Å². The normalized spacial score (nSPS) is 20.6. The molecule has 2 aliphatic rings. The van der Waals surface area contributed by atoms with E-state index in [-0.39, 0.29) is 18.2 Å². The molecule has 1 aromatic heterocycles. The predicted octanol–water partition coefficient (Wildman–Crippen LogP) is 1.43. The van der Waals surface area contributed by atoms with Gasteiger partial charge in [0.2, 0.25) is 5.91 Å². The average molecular weight is 412 g/mol. The second-order valence-electron chi connectivity index (χ2n) is 7.56. The van der Waals surface area contributed by atoms with Gasteiger partial charge >= 0.3 is 5.97 Å². The van der Waals surface area contributed by atoms with Crippen LogP contribution in [0.1, 0.15) is 29.6 Å². The summed E-state index contributed by atoms with van der Waals surface area (Å²) in [6.45, 7) is 0.798. The van der Waals surface area contributed by atoms with Crippen LogP contribution in [0.25, 0.3) is 5.69 Å². The van der Waals surface area contributed by atoms with Gasteiger partial charge in [0, 0.05) is 25.7 Å². The topological polar surface area (TPSA) is 94.0 Å². The SMILES string of the molecule is COC(=O)[C@@H]1CC(=O)N(OC)C12CCN(C(=O)c1cnn(-c3ccccc3)c1)CC2. The Balaban J connectivity index is 1.50. The first kappa shape index (κ1) is 20.1. The van der Waals surface area contributed by atoms with Gasteiger partial charge in [-0.2, -0.15) is 5.10 Å². The van der Waals surface area contributed by atoms with E-state index < -0.39 is 17.4 Å². The Morgan fingerprint density at radius 3 is 2.47 bits per heavy atom. The number of rotatable bonds is 4. The van der Waals surface area contributed by atoms with Gasteiger partial charge in [-0.05, 0) is 25.0 Å². The maximum absolute atomic E-state index is 13.0. The van der Waals surface area contributed by atoms with E-state index in [1.54, 1.807) is 22.0 Å². The van der Waals surface area contributed by atoms with Gasteiger partial charge < -0.3 is 9.64 Å². The molecule has 1 atom stereocenters. The Kier molecular flexibility index (Phi) is 5.29. The maximum Gasteiger partial charge on any atom is 0.311 e. The Bertz CT molecular complexity index is 947. The third-order valence-corrected chi connectivity index (χ3v) is 6.09. The highest BCUT2D eigenvalue weighted by Gasteiger charge is 2.58. The molecule has 2 aromatic rings. The summed E-state index contributed by atoms with van der Waals surface area (Å²) in [4.78, 5) is 44.8. The van der Waals surface area contributed by atoms with Crippen molar-refractivity contribution < 1.29 is 24.0 Å². The van der Waals surface area contributed by atoms with E-state index in [0.29, 0.717) is 31.5 Å². The van der Waals surface area contributed by atoms with Crippen LogP contribution in [0.5, 0.6) is 0 Å². The molecule has 0 radical (unpaired) electrons. The summed E-state index contributed by atoms with van der Waals surface area (Å²) in [5, 5.41) is 5.60. The summed E-state index contributed by atoms with van der Waals surface area (Å²) in [5.41, 5.74) is 0.574. The first-order valence-electron chi connectivity index (χ1n) is 9.84. The van der Waals surface area contributed by atoms with Gasteiger partial charge in [0.25, 0.3) is 5.91 Å². The fourth-order valence-electron chi connectivity index (χ4n) is 4.55. The van der Waals surface area contributed by atoms with Crippen LogP contribution in [-0.2, 0) is 19.2 Å². The highest BCUT2D eigenvalue weighted by atomic mass is 16.7. The number of piperidine rings is 1. The molecule has 0 bridgehead atoms. The van der Waals surface area contributed by atoms with Crippen molar-refractivity contribution in [2.75, 3.05) is 27.3 Å². The monoisotopic (exact) mass is 412 g/mol. The zero-order valence-electron chi connectivity index (χ0n) is 17.0. The molecule has 1 spiro atoms. The number of hydrogen-bond donors (Lipinski definition) is 0. The molecule has 9 nitrogen and oxygen atoms in total. The molecule has 1 aromatic carbocycles. The molecule has 0 N–H and O–H groups in total. The minimum absolute atomic E-state index is 0.0539. The second kappa shape index (κ2) is 7.91. The van der Waals surface area contributed by atoms with Crippen molar-refractivity contribution in [3.05, 3.63) is 48.3 Å². The molecule has 2 saturated heterocycles. The number of para-hydroxylation sites is 1. The van der Waals surface area contributed by atoms with Crippen LogP contribution in [0.2, 0.25) is 0 Å². The summed E-state index contributed by atoms with van der Waals surface area (Å²) in [6.07, 6.45) is 4.19. The minimum atomic E-state index is -0.788. The molecule has 0 unspecified atom stereocenters. The van der Waals surface area contributed by atoms with Crippen molar-refractivity contribution in [1.82, 2.24) is 19.7 Å². The van der Waals surface area contributed by atoms with Crippen molar-refractivity contribution in [2.45, 2.75) is 24.8 Å². The van der Waals surface area contributed by atoms with Crippen molar-refractivity contribution in [3.8, 4) is 5.69 Å². The average Bonchev–Trinajstić information content (AvgIpc) is 3.37. The summed E-state index contributed by atoms with van der Waals surface area (Å²) >= 11 is 0. The minimum Gasteiger partial charge on any atom is -0.469 e. The number of hydroxylamine groups is 2. The number of aromatic nitrogens is 2. The van der Waals surface area contributed by atoms with Gasteiger partial charge in [-0.15, -0.1) is 0 Å². The molecule has 0 saturated carbocycles. The number of methoxy groups -OCH3 is 1. The van der Waals surface area contributed by atoms with Gasteiger partial charge in [-0.1, -0.05) is 18.2 Å². The van der Waals surface area contributed by atoms with E-state index in [9.17, 15) is 14.4 Å². The lowest BCUT2D eigenvalue weighted by atomic mass is 9.77. The van der Waals surface area contributed by atoms with Crippen molar-refractivity contribution >= 4 is 17.8 Å². The highest BCUT2D eigenvalue weighted by molar-refractivity contribution is 5.94. The fraction of sp³-hybridized carbons (Fsp3) is 0.429. The summed E-state index contributed by atoms with van der Waals surface area (Å²) < 4.78 is 6.59. The van der Waals surface area contributed by atoms with Crippen LogP contribution in [-0.4, -0.2) is 70.4 Å². The van der Waals surface area contributed by atoms with Crippen LogP contribution in [0, 0.1) is 5.92 Å². The number of hydrogen-bond acceptors (Lipinski definition) is 6. The van der Waals surface area contributed by atoms with Crippen LogP contribution in [0.15, 0.2) is 42.7 Å². The van der Waals surface area contributed by atoms with Gasteiger partial charge in [-0.3, -0.25) is 19.2 Å². The molecule has 30 heavy (non-hydrogen) atoms. The van der Waals surface area contributed by atoms with Crippen LogP contribution < -0.4 is 0 Å². The number of carbonyl (C=O) groups excluding carboxylic acids is 3. The van der Waals surface area contributed by atoms with Crippen LogP contribution in [0.3, 0.4) is 0 Å². The lowest BCUT2D eigenvalue weighted by molar-refractivity contribution is -0.208. The highest BCUT2D eigenvalue weighted by Crippen LogP contribution is 2.44. The molecular formula is C21H24N4O5. The molecule has 2 aliphatic heterocycles. The van der Waals surface area contributed by atoms with Crippen LogP contribution in [0.4, 0.5) is 0 Å². The zero-order chi connectivity index (χ0) is 21.3. The number of nitrogens with zero attached hydrogens (tertiary/aromatic N) is 4. The van der Waals surface area contributed by atoms with E-state index >= 15 is 0 Å². The van der Waals surface area contributed by atoms with E-state index in [1.807, 2.05) is 30.3 Å². The third kappa shape index (κ3) is 3.24. The van der Waals surface area contributed by atoms with Gasteiger partial charge in [0.05, 0.1) is 43.1 Å². The van der Waals surface area contributed by atoms with E-state index in [4.69, 9.17) is 9.57 Å². The number of esters is 1. The van der Waals surface area contributed by atoms with Crippen LogP contribution >= 0.6 is 0 Å². The number of ether oxygens (including phenoxy) is 1. The maximum atomic E-state index is 13.0. The zero-order valence-corrected chi connectivity index (χ0v) is 17.0. The number of benzene rings is 1. The van der Waals surface area contributed by atoms with E-state index in [0.717, 1.165) is 5.69 Å². The fourth-order valence-corrected chi connectivity index (χ4v) is 4.55. The van der Waals surface area contributed by atoms with Crippen molar-refractivity contribution in [3.63, 3.8) is 0 Å². The summed E-state index contributed by atoms with van der Waals surface area (Å²) in [5.74, 6) is -1.40. The summed E-state index contributed by atoms with van der Waals surface area (Å²) in [7, 11) is 2.74. The second-order valence-corrected chi connectivity index (χ2v) is 7.56. The molecule has 0 aliphatic carbocycles. The lowest BCUT2D eigenvalue weighted by Crippen LogP contribution is -2.57.